The summed E-state index contributed by atoms with van der Waals surface area (Å²) in [6.45, 7) is 6.79. The summed E-state index contributed by atoms with van der Waals surface area (Å²) < 4.78 is 40.5. The summed E-state index contributed by atoms with van der Waals surface area (Å²) in [7, 11) is -2.32. The van der Waals surface area contributed by atoms with Gasteiger partial charge in [0.25, 0.3) is 11.8 Å². The summed E-state index contributed by atoms with van der Waals surface area (Å²) >= 11 is 0. The van der Waals surface area contributed by atoms with Crippen LogP contribution in [-0.4, -0.2) is 66.6 Å². The van der Waals surface area contributed by atoms with Crippen molar-refractivity contribution in [3.63, 3.8) is 0 Å². The van der Waals surface area contributed by atoms with Crippen molar-refractivity contribution in [3.05, 3.63) is 35.2 Å². The normalized spacial score (nSPS) is 14.5. The van der Waals surface area contributed by atoms with Gasteiger partial charge >= 0.3 is 5.97 Å². The molecular formula is C28H41N5O7S. The number of hydrogen-bond acceptors (Lipinski definition) is 8. The summed E-state index contributed by atoms with van der Waals surface area (Å²) in [5, 5.41) is 7.07. The van der Waals surface area contributed by atoms with Gasteiger partial charge in [-0.1, -0.05) is 13.3 Å². The molecule has 0 spiro atoms. The molecule has 0 saturated carbocycles. The maximum absolute atomic E-state index is 13.6. The highest BCUT2D eigenvalue weighted by atomic mass is 32.2. The molecule has 1 aromatic heterocycles. The molecule has 1 aromatic carbocycles. The molecule has 0 atom stereocenters. The first kappa shape index (κ1) is 32.1. The number of carbonyl (C=O) groups excluding carboxylic acids is 3. The van der Waals surface area contributed by atoms with Crippen LogP contribution in [0.1, 0.15) is 85.8 Å². The molecule has 2 amide bonds. The van der Waals surface area contributed by atoms with Gasteiger partial charge in [-0.25, -0.2) is 8.42 Å². The second-order valence-corrected chi connectivity index (χ2v) is 11.9. The SMILES string of the molecule is CCCc1nn(C)c(C(N)=O)c1NC(=O)c1cc(S(=O)(=O)N2CCC(CCCC(=O)OCC)CC2)ccc1OCC. The van der Waals surface area contributed by atoms with Crippen LogP contribution in [0.2, 0.25) is 0 Å². The summed E-state index contributed by atoms with van der Waals surface area (Å²) in [6, 6.07) is 4.21. The number of benzene rings is 1. The maximum atomic E-state index is 13.6. The minimum absolute atomic E-state index is 0.0171. The number of rotatable bonds is 14. The number of amides is 2. The van der Waals surface area contributed by atoms with Crippen molar-refractivity contribution < 1.29 is 32.3 Å². The highest BCUT2D eigenvalue weighted by molar-refractivity contribution is 7.89. The Morgan fingerprint density at radius 2 is 1.83 bits per heavy atom. The van der Waals surface area contributed by atoms with E-state index in [1.54, 1.807) is 20.9 Å². The van der Waals surface area contributed by atoms with E-state index in [1.165, 1.54) is 27.2 Å². The van der Waals surface area contributed by atoms with Crippen molar-refractivity contribution in [1.82, 2.24) is 14.1 Å². The third kappa shape index (κ3) is 7.85. The average molecular weight is 592 g/mol. The fourth-order valence-electron chi connectivity index (χ4n) is 5.07. The van der Waals surface area contributed by atoms with E-state index in [2.05, 4.69) is 10.4 Å². The predicted octanol–water partition coefficient (Wildman–Crippen LogP) is 3.26. The molecule has 13 heteroatoms. The second-order valence-electron chi connectivity index (χ2n) is 10.00. The van der Waals surface area contributed by atoms with Crippen LogP contribution in [0.3, 0.4) is 0 Å². The Bertz CT molecular complexity index is 1350. The van der Waals surface area contributed by atoms with E-state index in [4.69, 9.17) is 15.2 Å². The number of anilines is 1. The number of primary amides is 1. The van der Waals surface area contributed by atoms with Crippen molar-refractivity contribution in [2.75, 3.05) is 31.6 Å². The van der Waals surface area contributed by atoms with Crippen molar-refractivity contribution in [1.29, 1.82) is 0 Å². The lowest BCUT2D eigenvalue weighted by Crippen LogP contribution is -2.38. The molecule has 2 aromatic rings. The second kappa shape index (κ2) is 14.4. The molecule has 41 heavy (non-hydrogen) atoms. The number of aromatic nitrogens is 2. The zero-order valence-electron chi connectivity index (χ0n) is 24.3. The zero-order valence-corrected chi connectivity index (χ0v) is 25.1. The highest BCUT2D eigenvalue weighted by Gasteiger charge is 2.31. The Morgan fingerprint density at radius 3 is 2.44 bits per heavy atom. The van der Waals surface area contributed by atoms with Gasteiger partial charge in [-0.05, 0) is 70.1 Å². The van der Waals surface area contributed by atoms with Gasteiger partial charge in [0.2, 0.25) is 10.0 Å². The molecule has 3 rings (SSSR count). The largest absolute Gasteiger partial charge is 0.493 e. The molecule has 226 valence electrons. The number of hydrogen-bond donors (Lipinski definition) is 2. The van der Waals surface area contributed by atoms with E-state index in [0.29, 0.717) is 63.4 Å². The van der Waals surface area contributed by atoms with Crippen molar-refractivity contribution >= 4 is 33.5 Å². The number of nitrogens with one attached hydrogen (secondary N) is 1. The number of carbonyl (C=O) groups is 3. The van der Waals surface area contributed by atoms with E-state index >= 15 is 0 Å². The molecule has 1 aliphatic rings. The van der Waals surface area contributed by atoms with Gasteiger partial charge < -0.3 is 20.5 Å². The molecule has 0 aliphatic carbocycles. The minimum atomic E-state index is -3.89. The van der Waals surface area contributed by atoms with Crippen molar-refractivity contribution in [3.8, 4) is 5.75 Å². The smallest absolute Gasteiger partial charge is 0.305 e. The van der Waals surface area contributed by atoms with E-state index in [0.717, 1.165) is 12.8 Å². The molecular weight excluding hydrogens is 550 g/mol. The highest BCUT2D eigenvalue weighted by Crippen LogP contribution is 2.31. The van der Waals surface area contributed by atoms with Gasteiger partial charge in [-0.3, -0.25) is 19.1 Å². The summed E-state index contributed by atoms with van der Waals surface area (Å²) in [4.78, 5) is 37.2. The maximum Gasteiger partial charge on any atom is 0.305 e. The molecule has 2 heterocycles. The monoisotopic (exact) mass is 591 g/mol. The third-order valence-electron chi connectivity index (χ3n) is 7.08. The summed E-state index contributed by atoms with van der Waals surface area (Å²) in [5.41, 5.74) is 6.33. The molecule has 1 saturated heterocycles. The number of aryl methyl sites for hydroxylation is 2. The zero-order chi connectivity index (χ0) is 30.2. The van der Waals surface area contributed by atoms with E-state index in [-0.39, 0.29) is 40.2 Å². The standard InChI is InChI=1S/C28H41N5O7S/c1-5-9-22-25(26(27(29)35)32(4)31-22)30-28(36)21-18-20(12-13-23(21)39-6-2)41(37,38)33-16-14-19(15-17-33)10-8-11-24(34)40-7-3/h12-13,18-19H,5-11,14-17H2,1-4H3,(H2,29,35)(H,30,36). The molecule has 0 radical (unpaired) electrons. The van der Waals surface area contributed by atoms with Crippen LogP contribution >= 0.6 is 0 Å². The van der Waals surface area contributed by atoms with Gasteiger partial charge in [0.15, 0.2) is 0 Å². The topological polar surface area (TPSA) is 163 Å². The first-order valence-corrected chi connectivity index (χ1v) is 15.6. The van der Waals surface area contributed by atoms with Crippen LogP contribution in [0, 0.1) is 5.92 Å². The molecule has 3 N–H and O–H groups in total. The lowest BCUT2D eigenvalue weighted by molar-refractivity contribution is -0.143. The van der Waals surface area contributed by atoms with Crippen LogP contribution in [0.15, 0.2) is 23.1 Å². The van der Waals surface area contributed by atoms with E-state index < -0.39 is 21.8 Å². The van der Waals surface area contributed by atoms with E-state index in [9.17, 15) is 22.8 Å². The molecule has 1 fully saturated rings. The Balaban J connectivity index is 1.80. The Morgan fingerprint density at radius 1 is 1.12 bits per heavy atom. The van der Waals surface area contributed by atoms with Gasteiger partial charge in [0.05, 0.1) is 35.1 Å². The van der Waals surface area contributed by atoms with Crippen LogP contribution < -0.4 is 15.8 Å². The van der Waals surface area contributed by atoms with Gasteiger partial charge in [-0.15, -0.1) is 0 Å². The van der Waals surface area contributed by atoms with Crippen molar-refractivity contribution in [2.45, 2.75) is 70.6 Å². The Labute approximate surface area is 241 Å². The number of nitrogens with zero attached hydrogens (tertiary/aromatic N) is 3. The van der Waals surface area contributed by atoms with Gasteiger partial charge in [0.1, 0.15) is 11.4 Å². The molecule has 0 unspecified atom stereocenters. The summed E-state index contributed by atoms with van der Waals surface area (Å²) in [5.74, 6) is -1.06. The molecule has 1 aliphatic heterocycles. The van der Waals surface area contributed by atoms with Crippen LogP contribution in [-0.2, 0) is 33.0 Å². The third-order valence-corrected chi connectivity index (χ3v) is 8.98. The lowest BCUT2D eigenvalue weighted by Gasteiger charge is -2.31. The Kier molecular flexibility index (Phi) is 11.3. The number of piperidine rings is 1. The quantitative estimate of drug-likeness (QED) is 0.316. The number of esters is 1. The lowest BCUT2D eigenvalue weighted by atomic mass is 9.92. The Hall–Kier alpha value is -3.45. The fourth-order valence-corrected chi connectivity index (χ4v) is 6.57. The average Bonchev–Trinajstić information content (AvgIpc) is 3.23. The molecule has 12 nitrogen and oxygen atoms in total. The van der Waals surface area contributed by atoms with Crippen LogP contribution in [0.25, 0.3) is 0 Å². The van der Waals surface area contributed by atoms with Gasteiger partial charge in [0, 0.05) is 26.6 Å². The number of nitrogens with two attached hydrogens (primary N) is 1. The minimum Gasteiger partial charge on any atom is -0.493 e. The first-order chi connectivity index (χ1) is 19.5. The predicted molar refractivity (Wildman–Crippen MR) is 153 cm³/mol. The van der Waals surface area contributed by atoms with E-state index in [1.807, 2.05) is 6.92 Å². The first-order valence-electron chi connectivity index (χ1n) is 14.1. The fraction of sp³-hybridized carbons (Fsp3) is 0.571. The van der Waals surface area contributed by atoms with Crippen molar-refractivity contribution in [2.24, 2.45) is 18.7 Å². The van der Waals surface area contributed by atoms with Gasteiger partial charge in [-0.2, -0.15) is 9.40 Å². The number of ether oxygens (including phenoxy) is 2. The number of sulfonamides is 1. The summed E-state index contributed by atoms with van der Waals surface area (Å²) in [6.07, 6.45) is 4.50. The molecule has 0 bridgehead atoms. The van der Waals surface area contributed by atoms with Crippen LogP contribution in [0.4, 0.5) is 5.69 Å². The van der Waals surface area contributed by atoms with Crippen LogP contribution in [0.5, 0.6) is 5.75 Å².